The quantitative estimate of drug-likeness (QED) is 0.918. The Balaban J connectivity index is 2.41. The van der Waals surface area contributed by atoms with Gasteiger partial charge in [0.25, 0.3) is 0 Å². The molecule has 0 aliphatic heterocycles. The monoisotopic (exact) mass is 261 g/mol. The van der Waals surface area contributed by atoms with Crippen LogP contribution in [0.3, 0.4) is 0 Å². The van der Waals surface area contributed by atoms with Gasteiger partial charge in [0.05, 0.1) is 25.1 Å². The molecule has 0 bridgehead atoms. The number of nitrogens with zero attached hydrogens (tertiary/aromatic N) is 1. The zero-order valence-corrected chi connectivity index (χ0v) is 10.9. The number of hydrogen-bond donors (Lipinski definition) is 1. The number of methoxy groups -OCH3 is 1. The smallest absolute Gasteiger partial charge is 0.147 e. The Bertz CT molecular complexity index is 572. The molecule has 100 valence electrons. The van der Waals surface area contributed by atoms with E-state index in [0.717, 1.165) is 5.69 Å². The molecule has 19 heavy (non-hydrogen) atoms. The molecule has 0 aliphatic rings. The summed E-state index contributed by atoms with van der Waals surface area (Å²) >= 11 is 0. The first-order valence-electron chi connectivity index (χ1n) is 5.93. The summed E-state index contributed by atoms with van der Waals surface area (Å²) in [6.45, 7) is -0.171. The van der Waals surface area contributed by atoms with Gasteiger partial charge in [-0.25, -0.2) is 4.39 Å². The number of aliphatic hydroxyl groups is 1. The van der Waals surface area contributed by atoms with Gasteiger partial charge in [-0.15, -0.1) is 0 Å². The highest BCUT2D eigenvalue weighted by molar-refractivity contribution is 5.69. The lowest BCUT2D eigenvalue weighted by atomic mass is 10.1. The van der Waals surface area contributed by atoms with E-state index in [1.807, 2.05) is 24.3 Å². The van der Waals surface area contributed by atoms with Gasteiger partial charge in [0.2, 0.25) is 0 Å². The van der Waals surface area contributed by atoms with Crippen molar-refractivity contribution in [3.63, 3.8) is 0 Å². The lowest BCUT2D eigenvalue weighted by Gasteiger charge is -2.22. The van der Waals surface area contributed by atoms with Gasteiger partial charge in [-0.05, 0) is 29.8 Å². The standard InChI is InChI=1S/C15H16FNO2/c1-17(14-5-3-4-6-15(14)19-2)13-8-7-11(10-18)9-12(13)16/h3-9,18H,10H2,1-2H3. The summed E-state index contributed by atoms with van der Waals surface area (Å²) in [6, 6.07) is 12.1. The molecule has 0 unspecified atom stereocenters. The van der Waals surface area contributed by atoms with E-state index in [2.05, 4.69) is 0 Å². The molecule has 2 aromatic rings. The third-order valence-corrected chi connectivity index (χ3v) is 3.00. The zero-order chi connectivity index (χ0) is 13.8. The van der Waals surface area contributed by atoms with Gasteiger partial charge in [-0.3, -0.25) is 0 Å². The maximum absolute atomic E-state index is 14.0. The number of ether oxygens (including phenoxy) is 1. The molecule has 0 atom stereocenters. The predicted octanol–water partition coefficient (Wildman–Crippen LogP) is 3.09. The summed E-state index contributed by atoms with van der Waals surface area (Å²) in [4.78, 5) is 1.72. The Hall–Kier alpha value is -2.07. The molecule has 4 heteroatoms. The highest BCUT2D eigenvalue weighted by Gasteiger charge is 2.13. The summed E-state index contributed by atoms with van der Waals surface area (Å²) in [5, 5.41) is 8.99. The number of rotatable bonds is 4. The van der Waals surface area contributed by atoms with E-state index in [0.29, 0.717) is 17.0 Å². The van der Waals surface area contributed by atoms with Crippen LogP contribution >= 0.6 is 0 Å². The Morgan fingerprint density at radius 3 is 2.53 bits per heavy atom. The molecule has 0 aromatic heterocycles. The minimum Gasteiger partial charge on any atom is -0.495 e. The van der Waals surface area contributed by atoms with Crippen molar-refractivity contribution in [3.8, 4) is 5.75 Å². The SMILES string of the molecule is COc1ccccc1N(C)c1ccc(CO)cc1F. The van der Waals surface area contributed by atoms with Crippen LogP contribution in [0, 0.1) is 5.82 Å². The van der Waals surface area contributed by atoms with Crippen molar-refractivity contribution in [2.75, 3.05) is 19.1 Å². The van der Waals surface area contributed by atoms with E-state index in [4.69, 9.17) is 9.84 Å². The molecule has 0 fully saturated rings. The minimum atomic E-state index is -0.375. The molecule has 0 saturated carbocycles. The van der Waals surface area contributed by atoms with Crippen LogP contribution in [-0.2, 0) is 6.61 Å². The molecule has 0 radical (unpaired) electrons. The lowest BCUT2D eigenvalue weighted by molar-refractivity contribution is 0.281. The molecule has 0 aliphatic carbocycles. The third kappa shape index (κ3) is 2.69. The van der Waals surface area contributed by atoms with E-state index in [9.17, 15) is 4.39 Å². The average Bonchev–Trinajstić information content (AvgIpc) is 2.46. The Morgan fingerprint density at radius 1 is 1.16 bits per heavy atom. The third-order valence-electron chi connectivity index (χ3n) is 3.00. The number of anilines is 2. The van der Waals surface area contributed by atoms with Crippen LogP contribution in [0.15, 0.2) is 42.5 Å². The molecule has 2 aromatic carbocycles. The number of aliphatic hydroxyl groups excluding tert-OH is 1. The van der Waals surface area contributed by atoms with Gasteiger partial charge in [0, 0.05) is 7.05 Å². The van der Waals surface area contributed by atoms with Crippen molar-refractivity contribution in [3.05, 3.63) is 53.8 Å². The second-order valence-electron chi connectivity index (χ2n) is 4.17. The molecule has 1 N–H and O–H groups in total. The topological polar surface area (TPSA) is 32.7 Å². The first-order chi connectivity index (χ1) is 9.17. The first-order valence-corrected chi connectivity index (χ1v) is 5.93. The Morgan fingerprint density at radius 2 is 1.89 bits per heavy atom. The Kier molecular flexibility index (Phi) is 4.02. The summed E-state index contributed by atoms with van der Waals surface area (Å²) < 4.78 is 19.3. The fraction of sp³-hybridized carbons (Fsp3) is 0.200. The lowest BCUT2D eigenvalue weighted by Crippen LogP contribution is -2.12. The number of para-hydroxylation sites is 2. The fourth-order valence-electron chi connectivity index (χ4n) is 1.96. The molecule has 2 rings (SSSR count). The highest BCUT2D eigenvalue weighted by atomic mass is 19.1. The Labute approximate surface area is 111 Å². The van der Waals surface area contributed by atoms with Crippen LogP contribution in [0.2, 0.25) is 0 Å². The van der Waals surface area contributed by atoms with Gasteiger partial charge in [0.1, 0.15) is 11.6 Å². The van der Waals surface area contributed by atoms with Crippen LogP contribution in [-0.4, -0.2) is 19.3 Å². The summed E-state index contributed by atoms with van der Waals surface area (Å²) in [6.07, 6.45) is 0. The van der Waals surface area contributed by atoms with Gasteiger partial charge in [-0.1, -0.05) is 18.2 Å². The van der Waals surface area contributed by atoms with Crippen LogP contribution < -0.4 is 9.64 Å². The van der Waals surface area contributed by atoms with Crippen LogP contribution in [0.25, 0.3) is 0 Å². The maximum Gasteiger partial charge on any atom is 0.147 e. The van der Waals surface area contributed by atoms with E-state index in [-0.39, 0.29) is 12.4 Å². The molecule has 0 spiro atoms. The number of benzene rings is 2. The molecular formula is C15H16FNO2. The second-order valence-corrected chi connectivity index (χ2v) is 4.17. The van der Waals surface area contributed by atoms with E-state index in [1.54, 1.807) is 31.2 Å². The zero-order valence-electron chi connectivity index (χ0n) is 10.9. The van der Waals surface area contributed by atoms with Crippen molar-refractivity contribution >= 4 is 11.4 Å². The number of halogens is 1. The van der Waals surface area contributed by atoms with Gasteiger partial charge < -0.3 is 14.7 Å². The van der Waals surface area contributed by atoms with Crippen LogP contribution in [0.5, 0.6) is 5.75 Å². The van der Waals surface area contributed by atoms with Crippen molar-refractivity contribution in [2.24, 2.45) is 0 Å². The maximum atomic E-state index is 14.0. The van der Waals surface area contributed by atoms with Gasteiger partial charge in [-0.2, -0.15) is 0 Å². The molecular weight excluding hydrogens is 245 g/mol. The summed E-state index contributed by atoms with van der Waals surface area (Å²) in [5.41, 5.74) is 1.76. The van der Waals surface area contributed by atoms with E-state index < -0.39 is 0 Å². The largest absolute Gasteiger partial charge is 0.495 e. The normalized spacial score (nSPS) is 10.3. The van der Waals surface area contributed by atoms with E-state index in [1.165, 1.54) is 6.07 Å². The minimum absolute atomic E-state index is 0.171. The predicted molar refractivity (Wildman–Crippen MR) is 73.4 cm³/mol. The van der Waals surface area contributed by atoms with E-state index >= 15 is 0 Å². The fourth-order valence-corrected chi connectivity index (χ4v) is 1.96. The molecule has 3 nitrogen and oxygen atoms in total. The summed E-state index contributed by atoms with van der Waals surface area (Å²) in [7, 11) is 3.35. The first kappa shape index (κ1) is 13.4. The van der Waals surface area contributed by atoms with Crippen molar-refractivity contribution < 1.29 is 14.2 Å². The van der Waals surface area contributed by atoms with Crippen molar-refractivity contribution in [1.82, 2.24) is 0 Å². The second kappa shape index (κ2) is 5.71. The van der Waals surface area contributed by atoms with Crippen molar-refractivity contribution in [1.29, 1.82) is 0 Å². The van der Waals surface area contributed by atoms with Gasteiger partial charge in [0.15, 0.2) is 0 Å². The highest BCUT2D eigenvalue weighted by Crippen LogP contribution is 2.33. The summed E-state index contributed by atoms with van der Waals surface area (Å²) in [5.74, 6) is 0.301. The molecule has 0 heterocycles. The van der Waals surface area contributed by atoms with Crippen LogP contribution in [0.4, 0.5) is 15.8 Å². The number of hydrogen-bond acceptors (Lipinski definition) is 3. The van der Waals surface area contributed by atoms with Gasteiger partial charge >= 0.3 is 0 Å². The van der Waals surface area contributed by atoms with Crippen molar-refractivity contribution in [2.45, 2.75) is 6.61 Å². The van der Waals surface area contributed by atoms with Crippen LogP contribution in [0.1, 0.15) is 5.56 Å². The molecule has 0 saturated heterocycles. The molecule has 0 amide bonds. The average molecular weight is 261 g/mol.